The van der Waals surface area contributed by atoms with E-state index >= 15 is 0 Å². The predicted octanol–water partition coefficient (Wildman–Crippen LogP) is 2.17. The van der Waals surface area contributed by atoms with Crippen LogP contribution >= 0.6 is 0 Å². The van der Waals surface area contributed by atoms with Crippen LogP contribution in [0, 0.1) is 0 Å². The number of methoxy groups -OCH3 is 1. The van der Waals surface area contributed by atoms with Gasteiger partial charge in [-0.2, -0.15) is 0 Å². The normalized spacial score (nSPS) is 12.3. The van der Waals surface area contributed by atoms with Crippen molar-refractivity contribution in [3.05, 3.63) is 60.2 Å². The summed E-state index contributed by atoms with van der Waals surface area (Å²) in [5.74, 6) is 0.239. The largest absolute Gasteiger partial charge is 0.497 e. The van der Waals surface area contributed by atoms with Crippen molar-refractivity contribution in [3.63, 3.8) is 0 Å². The van der Waals surface area contributed by atoms with E-state index in [0.717, 1.165) is 16.1 Å². The van der Waals surface area contributed by atoms with Gasteiger partial charge in [0.2, 0.25) is 15.9 Å². The fourth-order valence-corrected chi connectivity index (χ4v) is 3.65. The van der Waals surface area contributed by atoms with Gasteiger partial charge in [0, 0.05) is 6.54 Å². The first kappa shape index (κ1) is 18.8. The van der Waals surface area contributed by atoms with Gasteiger partial charge in [-0.15, -0.1) is 0 Å². The quantitative estimate of drug-likeness (QED) is 0.819. The van der Waals surface area contributed by atoms with E-state index in [1.165, 1.54) is 7.11 Å². The lowest BCUT2D eigenvalue weighted by Gasteiger charge is -2.28. The average Bonchev–Trinajstić information content (AvgIpc) is 2.60. The smallest absolute Gasteiger partial charge is 0.243 e. The summed E-state index contributed by atoms with van der Waals surface area (Å²) in [6.07, 6.45) is 1.08. The number of nitrogens with zero attached hydrogens (tertiary/aromatic N) is 1. The molecule has 0 unspecified atom stereocenters. The number of hydrogen-bond donors (Lipinski definition) is 1. The SMILES string of the molecule is COc1ccc(N([C@H](C)C(=O)NCc2ccccc2)S(C)(=O)=O)cc1. The number of rotatable bonds is 7. The molecule has 0 aliphatic rings. The molecule has 0 spiro atoms. The first-order chi connectivity index (χ1) is 11.8. The molecule has 2 rings (SSSR count). The second-order valence-electron chi connectivity index (χ2n) is 5.64. The van der Waals surface area contributed by atoms with Crippen molar-refractivity contribution in [3.8, 4) is 5.75 Å². The number of amides is 1. The van der Waals surface area contributed by atoms with E-state index in [2.05, 4.69) is 5.32 Å². The molecule has 0 aliphatic heterocycles. The average molecular weight is 362 g/mol. The van der Waals surface area contributed by atoms with Gasteiger partial charge in [-0.25, -0.2) is 8.42 Å². The fraction of sp³-hybridized carbons (Fsp3) is 0.278. The monoisotopic (exact) mass is 362 g/mol. The van der Waals surface area contributed by atoms with Crippen molar-refractivity contribution in [2.24, 2.45) is 0 Å². The van der Waals surface area contributed by atoms with Crippen LogP contribution in [0.2, 0.25) is 0 Å². The summed E-state index contributed by atoms with van der Waals surface area (Å²) >= 11 is 0. The second kappa shape index (κ2) is 8.02. The second-order valence-corrected chi connectivity index (χ2v) is 7.50. The maximum absolute atomic E-state index is 12.5. The predicted molar refractivity (Wildman–Crippen MR) is 98.1 cm³/mol. The Bertz CT molecular complexity index is 805. The number of carbonyl (C=O) groups is 1. The first-order valence-electron chi connectivity index (χ1n) is 7.78. The van der Waals surface area contributed by atoms with Crippen LogP contribution in [0.4, 0.5) is 5.69 Å². The van der Waals surface area contributed by atoms with Crippen molar-refractivity contribution in [1.29, 1.82) is 0 Å². The highest BCUT2D eigenvalue weighted by Gasteiger charge is 2.28. The molecule has 0 bridgehead atoms. The molecule has 7 heteroatoms. The number of nitrogens with one attached hydrogen (secondary N) is 1. The molecule has 25 heavy (non-hydrogen) atoms. The van der Waals surface area contributed by atoms with Gasteiger partial charge >= 0.3 is 0 Å². The molecule has 0 heterocycles. The number of ether oxygens (including phenoxy) is 1. The van der Waals surface area contributed by atoms with Crippen molar-refractivity contribution in [2.45, 2.75) is 19.5 Å². The lowest BCUT2D eigenvalue weighted by Crippen LogP contribution is -2.47. The molecule has 1 N–H and O–H groups in total. The highest BCUT2D eigenvalue weighted by Crippen LogP contribution is 2.23. The van der Waals surface area contributed by atoms with E-state index in [1.54, 1.807) is 31.2 Å². The van der Waals surface area contributed by atoms with E-state index in [-0.39, 0.29) is 5.91 Å². The summed E-state index contributed by atoms with van der Waals surface area (Å²) in [6.45, 7) is 1.90. The molecule has 0 saturated heterocycles. The minimum atomic E-state index is -3.63. The van der Waals surface area contributed by atoms with Gasteiger partial charge in [-0.05, 0) is 36.8 Å². The molecule has 2 aromatic carbocycles. The standard InChI is InChI=1S/C18H22N2O4S/c1-14(18(21)19-13-15-7-5-4-6-8-15)20(25(3,22)23)16-9-11-17(24-2)12-10-16/h4-12,14H,13H2,1-3H3,(H,19,21)/t14-/m1/s1. The lowest BCUT2D eigenvalue weighted by molar-refractivity contribution is -0.122. The number of anilines is 1. The Kier molecular flexibility index (Phi) is 6.03. The summed E-state index contributed by atoms with van der Waals surface area (Å²) in [5.41, 5.74) is 1.35. The number of hydrogen-bond acceptors (Lipinski definition) is 4. The molecule has 6 nitrogen and oxygen atoms in total. The lowest BCUT2D eigenvalue weighted by atomic mass is 10.2. The molecule has 1 amide bonds. The van der Waals surface area contributed by atoms with E-state index in [1.807, 2.05) is 30.3 Å². The van der Waals surface area contributed by atoms with Crippen LogP contribution in [0.1, 0.15) is 12.5 Å². The summed E-state index contributed by atoms with van der Waals surface area (Å²) < 4.78 is 30.6. The molecular formula is C18H22N2O4S. The Hall–Kier alpha value is -2.54. The van der Waals surface area contributed by atoms with Gasteiger partial charge in [-0.1, -0.05) is 30.3 Å². The number of sulfonamides is 1. The van der Waals surface area contributed by atoms with E-state index in [9.17, 15) is 13.2 Å². The third kappa shape index (κ3) is 4.96. The highest BCUT2D eigenvalue weighted by molar-refractivity contribution is 7.92. The maximum atomic E-state index is 12.5. The zero-order valence-electron chi connectivity index (χ0n) is 14.5. The minimum Gasteiger partial charge on any atom is -0.497 e. The molecule has 1 atom stereocenters. The van der Waals surface area contributed by atoms with Gasteiger partial charge in [0.05, 0.1) is 19.1 Å². The van der Waals surface area contributed by atoms with Crippen LogP contribution in [0.5, 0.6) is 5.75 Å². The van der Waals surface area contributed by atoms with Gasteiger partial charge in [0.25, 0.3) is 0 Å². The zero-order chi connectivity index (χ0) is 18.4. The van der Waals surface area contributed by atoms with Gasteiger partial charge in [0.1, 0.15) is 11.8 Å². The molecule has 134 valence electrons. The molecular weight excluding hydrogens is 340 g/mol. The highest BCUT2D eigenvalue weighted by atomic mass is 32.2. The number of benzene rings is 2. The molecule has 2 aromatic rings. The number of carbonyl (C=O) groups excluding carboxylic acids is 1. The molecule has 0 fully saturated rings. The van der Waals surface area contributed by atoms with E-state index in [0.29, 0.717) is 18.0 Å². The third-order valence-corrected chi connectivity index (χ3v) is 4.97. The Labute approximate surface area is 148 Å². The Morgan fingerprint density at radius 1 is 1.12 bits per heavy atom. The summed E-state index contributed by atoms with van der Waals surface area (Å²) in [5, 5.41) is 2.77. The third-order valence-electron chi connectivity index (χ3n) is 3.72. The molecule has 0 aliphatic carbocycles. The van der Waals surface area contributed by atoms with Crippen molar-refractivity contribution in [2.75, 3.05) is 17.7 Å². The topological polar surface area (TPSA) is 75.7 Å². The molecule has 0 aromatic heterocycles. The summed E-state index contributed by atoms with van der Waals surface area (Å²) in [6, 6.07) is 15.1. The molecule has 0 radical (unpaired) electrons. The molecule has 0 saturated carbocycles. The van der Waals surface area contributed by atoms with Crippen LogP contribution in [0.25, 0.3) is 0 Å². The Morgan fingerprint density at radius 2 is 1.72 bits per heavy atom. The fourth-order valence-electron chi connectivity index (χ4n) is 2.47. The van der Waals surface area contributed by atoms with Crippen LogP contribution in [0.3, 0.4) is 0 Å². The van der Waals surface area contributed by atoms with Crippen molar-refractivity contribution in [1.82, 2.24) is 5.32 Å². The van der Waals surface area contributed by atoms with Crippen molar-refractivity contribution >= 4 is 21.6 Å². The zero-order valence-corrected chi connectivity index (χ0v) is 15.3. The van der Waals surface area contributed by atoms with Crippen LogP contribution in [-0.2, 0) is 21.4 Å². The van der Waals surface area contributed by atoms with Crippen LogP contribution in [0.15, 0.2) is 54.6 Å². The van der Waals surface area contributed by atoms with Crippen LogP contribution < -0.4 is 14.4 Å². The Balaban J connectivity index is 2.17. The van der Waals surface area contributed by atoms with Crippen molar-refractivity contribution < 1.29 is 17.9 Å². The van der Waals surface area contributed by atoms with E-state index in [4.69, 9.17) is 4.74 Å². The summed E-state index contributed by atoms with van der Waals surface area (Å²) in [4.78, 5) is 12.5. The maximum Gasteiger partial charge on any atom is 0.243 e. The Morgan fingerprint density at radius 3 is 2.24 bits per heavy atom. The van der Waals surface area contributed by atoms with E-state index < -0.39 is 16.1 Å². The summed E-state index contributed by atoms with van der Waals surface area (Å²) in [7, 11) is -2.10. The minimum absolute atomic E-state index is 0.338. The van der Waals surface area contributed by atoms with Gasteiger partial charge in [-0.3, -0.25) is 9.10 Å². The van der Waals surface area contributed by atoms with Crippen LogP contribution in [-0.4, -0.2) is 33.7 Å². The first-order valence-corrected chi connectivity index (χ1v) is 9.63. The van der Waals surface area contributed by atoms with Gasteiger partial charge < -0.3 is 10.1 Å². The van der Waals surface area contributed by atoms with Gasteiger partial charge in [0.15, 0.2) is 0 Å².